The van der Waals surface area contributed by atoms with E-state index in [2.05, 4.69) is 0 Å². The molecular weight excluding hydrogens is 166 g/mol. The fourth-order valence-electron chi connectivity index (χ4n) is 1.32. The molecule has 0 heterocycles. The zero-order valence-electron chi connectivity index (χ0n) is 8.58. The minimum absolute atomic E-state index is 0.161. The van der Waals surface area contributed by atoms with Crippen molar-refractivity contribution in [2.24, 2.45) is 5.73 Å². The van der Waals surface area contributed by atoms with Gasteiger partial charge in [-0.15, -0.1) is 0 Å². The van der Waals surface area contributed by atoms with E-state index in [9.17, 15) is 0 Å². The average molecular weight is 189 g/mol. The summed E-state index contributed by atoms with van der Waals surface area (Å²) in [5.74, 6) is 0. The molecule has 0 aliphatic heterocycles. The van der Waals surface area contributed by atoms with Gasteiger partial charge in [-0.2, -0.15) is 0 Å². The van der Waals surface area contributed by atoms with E-state index in [0.29, 0.717) is 6.42 Å². The van der Waals surface area contributed by atoms with Crippen LogP contribution in [-0.4, -0.2) is 22.5 Å². The van der Waals surface area contributed by atoms with Gasteiger partial charge < -0.3 is 15.9 Å². The first-order valence-electron chi connectivity index (χ1n) is 5.24. The van der Waals surface area contributed by atoms with Crippen LogP contribution in [0.25, 0.3) is 0 Å². The van der Waals surface area contributed by atoms with Crippen LogP contribution in [0.4, 0.5) is 0 Å². The monoisotopic (exact) mass is 189 g/mol. The van der Waals surface area contributed by atoms with Crippen LogP contribution in [0.3, 0.4) is 0 Å². The standard InChI is InChI=1S/C10H23NO2/c1-9(12)7-5-3-2-4-6-8-10(11)13/h9-10,12-13H,2-8,11H2,1H3. The molecule has 13 heavy (non-hydrogen) atoms. The molecular formula is C10H23NO2. The number of hydrogen-bond acceptors (Lipinski definition) is 3. The number of rotatable bonds is 8. The van der Waals surface area contributed by atoms with Gasteiger partial charge in [0.25, 0.3) is 0 Å². The van der Waals surface area contributed by atoms with Gasteiger partial charge in [0.1, 0.15) is 6.23 Å². The highest BCUT2D eigenvalue weighted by atomic mass is 16.3. The first-order valence-corrected chi connectivity index (χ1v) is 5.24. The summed E-state index contributed by atoms with van der Waals surface area (Å²) >= 11 is 0. The molecule has 3 heteroatoms. The predicted octanol–water partition coefficient (Wildman–Crippen LogP) is 1.38. The van der Waals surface area contributed by atoms with Gasteiger partial charge in [-0.25, -0.2) is 0 Å². The summed E-state index contributed by atoms with van der Waals surface area (Å²) in [5.41, 5.74) is 5.20. The Balaban J connectivity index is 2.92. The van der Waals surface area contributed by atoms with Gasteiger partial charge in [0, 0.05) is 0 Å². The third-order valence-electron chi connectivity index (χ3n) is 2.12. The van der Waals surface area contributed by atoms with E-state index < -0.39 is 6.23 Å². The van der Waals surface area contributed by atoms with Crippen LogP contribution in [0.15, 0.2) is 0 Å². The van der Waals surface area contributed by atoms with E-state index in [1.165, 1.54) is 12.8 Å². The molecule has 2 unspecified atom stereocenters. The van der Waals surface area contributed by atoms with Gasteiger partial charge in [0.2, 0.25) is 0 Å². The second-order valence-corrected chi connectivity index (χ2v) is 3.76. The summed E-state index contributed by atoms with van der Waals surface area (Å²) in [6.45, 7) is 1.82. The van der Waals surface area contributed by atoms with Gasteiger partial charge in [-0.05, 0) is 26.2 Å². The lowest BCUT2D eigenvalue weighted by atomic mass is 10.1. The minimum atomic E-state index is -0.641. The zero-order valence-corrected chi connectivity index (χ0v) is 8.58. The third-order valence-corrected chi connectivity index (χ3v) is 2.12. The van der Waals surface area contributed by atoms with Crippen LogP contribution < -0.4 is 5.73 Å². The lowest BCUT2D eigenvalue weighted by Gasteiger charge is -2.05. The first-order chi connectivity index (χ1) is 6.13. The zero-order chi connectivity index (χ0) is 10.1. The molecule has 0 rings (SSSR count). The van der Waals surface area contributed by atoms with E-state index >= 15 is 0 Å². The number of hydrogen-bond donors (Lipinski definition) is 3. The quantitative estimate of drug-likeness (QED) is 0.399. The number of aliphatic hydroxyl groups is 2. The molecule has 2 atom stereocenters. The highest BCUT2D eigenvalue weighted by Crippen LogP contribution is 2.08. The Hall–Kier alpha value is -0.120. The van der Waals surface area contributed by atoms with Crippen LogP contribution in [0.2, 0.25) is 0 Å². The highest BCUT2D eigenvalue weighted by molar-refractivity contribution is 4.51. The minimum Gasteiger partial charge on any atom is -0.393 e. The topological polar surface area (TPSA) is 66.5 Å². The van der Waals surface area contributed by atoms with Gasteiger partial charge in [-0.1, -0.05) is 25.7 Å². The molecule has 0 aliphatic carbocycles. The highest BCUT2D eigenvalue weighted by Gasteiger charge is 1.97. The van der Waals surface area contributed by atoms with Crippen molar-refractivity contribution < 1.29 is 10.2 Å². The van der Waals surface area contributed by atoms with E-state index in [4.69, 9.17) is 15.9 Å². The molecule has 0 aromatic carbocycles. The molecule has 3 nitrogen and oxygen atoms in total. The second kappa shape index (κ2) is 8.48. The smallest absolute Gasteiger partial charge is 0.102 e. The van der Waals surface area contributed by atoms with Crippen LogP contribution in [0.1, 0.15) is 51.9 Å². The second-order valence-electron chi connectivity index (χ2n) is 3.76. The van der Waals surface area contributed by atoms with Gasteiger partial charge in [0.15, 0.2) is 0 Å². The van der Waals surface area contributed by atoms with Crippen molar-refractivity contribution in [3.8, 4) is 0 Å². The van der Waals surface area contributed by atoms with Gasteiger partial charge in [0.05, 0.1) is 6.10 Å². The molecule has 0 aromatic heterocycles. The van der Waals surface area contributed by atoms with Gasteiger partial charge in [-0.3, -0.25) is 0 Å². The molecule has 80 valence electrons. The van der Waals surface area contributed by atoms with E-state index in [1.54, 1.807) is 0 Å². The Bertz CT molecular complexity index is 93.1. The van der Waals surface area contributed by atoms with Crippen molar-refractivity contribution in [3.63, 3.8) is 0 Å². The maximum Gasteiger partial charge on any atom is 0.102 e. The first kappa shape index (κ1) is 12.9. The molecule has 0 spiro atoms. The summed E-state index contributed by atoms with van der Waals surface area (Å²) in [6.07, 6.45) is 6.40. The van der Waals surface area contributed by atoms with E-state index in [1.807, 2.05) is 6.92 Å². The average Bonchev–Trinajstić information content (AvgIpc) is 2.01. The van der Waals surface area contributed by atoms with Crippen molar-refractivity contribution in [2.45, 2.75) is 64.2 Å². The maximum absolute atomic E-state index is 8.98. The van der Waals surface area contributed by atoms with E-state index in [-0.39, 0.29) is 6.10 Å². The largest absolute Gasteiger partial charge is 0.393 e. The summed E-state index contributed by atoms with van der Waals surface area (Å²) in [5, 5.41) is 17.8. The van der Waals surface area contributed by atoms with Crippen molar-refractivity contribution in [2.75, 3.05) is 0 Å². The summed E-state index contributed by atoms with van der Waals surface area (Å²) < 4.78 is 0. The maximum atomic E-state index is 8.98. The Morgan fingerprint density at radius 2 is 1.38 bits per heavy atom. The summed E-state index contributed by atoms with van der Waals surface area (Å²) in [7, 11) is 0. The Morgan fingerprint density at radius 3 is 1.85 bits per heavy atom. The molecule has 0 saturated carbocycles. The third kappa shape index (κ3) is 11.9. The van der Waals surface area contributed by atoms with Crippen LogP contribution in [0, 0.1) is 0 Å². The molecule has 4 N–H and O–H groups in total. The Kier molecular flexibility index (Phi) is 8.40. The molecule has 0 amide bonds. The van der Waals surface area contributed by atoms with Crippen LogP contribution >= 0.6 is 0 Å². The van der Waals surface area contributed by atoms with E-state index in [0.717, 1.165) is 25.7 Å². The Labute approximate surface area is 81.0 Å². The normalized spacial score (nSPS) is 15.7. The number of unbranched alkanes of at least 4 members (excludes halogenated alkanes) is 4. The van der Waals surface area contributed by atoms with Crippen molar-refractivity contribution in [3.05, 3.63) is 0 Å². The fourth-order valence-corrected chi connectivity index (χ4v) is 1.32. The SMILES string of the molecule is CC(O)CCCCCCCC(N)O. The van der Waals surface area contributed by atoms with Crippen molar-refractivity contribution >= 4 is 0 Å². The van der Waals surface area contributed by atoms with Gasteiger partial charge >= 0.3 is 0 Å². The fraction of sp³-hybridized carbons (Fsp3) is 1.00. The molecule has 0 aromatic rings. The van der Waals surface area contributed by atoms with Crippen LogP contribution in [-0.2, 0) is 0 Å². The van der Waals surface area contributed by atoms with Crippen molar-refractivity contribution in [1.29, 1.82) is 0 Å². The summed E-state index contributed by atoms with van der Waals surface area (Å²) in [6, 6.07) is 0. The molecule has 0 saturated heterocycles. The lowest BCUT2D eigenvalue weighted by Crippen LogP contribution is -2.17. The Morgan fingerprint density at radius 1 is 0.923 bits per heavy atom. The van der Waals surface area contributed by atoms with Crippen molar-refractivity contribution in [1.82, 2.24) is 0 Å². The molecule has 0 radical (unpaired) electrons. The molecule has 0 aliphatic rings. The number of nitrogens with two attached hydrogens (primary N) is 1. The number of aliphatic hydroxyl groups excluding tert-OH is 2. The summed E-state index contributed by atoms with van der Waals surface area (Å²) in [4.78, 5) is 0. The van der Waals surface area contributed by atoms with Crippen LogP contribution in [0.5, 0.6) is 0 Å². The molecule has 0 bridgehead atoms. The lowest BCUT2D eigenvalue weighted by molar-refractivity contribution is 0.167. The molecule has 0 fully saturated rings. The predicted molar refractivity (Wildman–Crippen MR) is 54.2 cm³/mol.